The Balaban J connectivity index is 1.97. The topological polar surface area (TPSA) is 70.8 Å². The maximum Gasteiger partial charge on any atom is 0.177 e. The maximum absolute atomic E-state index is 6.07. The van der Waals surface area contributed by atoms with Crippen LogP contribution in [0.2, 0.25) is 0 Å². The number of aryl methyl sites for hydroxylation is 1. The normalized spacial score (nSPS) is 25.7. The number of piperidine rings is 1. The van der Waals surface area contributed by atoms with Gasteiger partial charge in [-0.3, -0.25) is 4.90 Å². The predicted molar refractivity (Wildman–Crippen MR) is 71.2 cm³/mol. The van der Waals surface area contributed by atoms with Crippen molar-refractivity contribution in [2.75, 3.05) is 13.6 Å². The zero-order chi connectivity index (χ0) is 12.7. The third-order valence-corrected chi connectivity index (χ3v) is 3.74. The van der Waals surface area contributed by atoms with Crippen LogP contribution in [-0.4, -0.2) is 39.5 Å². The highest BCUT2D eigenvalue weighted by Crippen LogP contribution is 2.28. The Labute approximate surface area is 106 Å². The largest absolute Gasteiger partial charge is 0.341 e. The molecule has 0 aliphatic carbocycles. The van der Waals surface area contributed by atoms with E-state index in [4.69, 9.17) is 5.73 Å². The number of pyridine rings is 1. The lowest BCUT2D eigenvalue weighted by Gasteiger charge is -2.35. The third-order valence-electron chi connectivity index (χ3n) is 3.74. The molecule has 0 radical (unpaired) electrons. The van der Waals surface area contributed by atoms with E-state index in [0.717, 1.165) is 42.1 Å². The van der Waals surface area contributed by atoms with Crippen LogP contribution < -0.4 is 5.73 Å². The van der Waals surface area contributed by atoms with Crippen molar-refractivity contribution >= 4 is 11.2 Å². The number of rotatable bonds is 1. The van der Waals surface area contributed by atoms with Gasteiger partial charge in [0, 0.05) is 6.04 Å². The number of nitrogens with one attached hydrogen (secondary N) is 1. The van der Waals surface area contributed by atoms with E-state index in [9.17, 15) is 0 Å². The van der Waals surface area contributed by atoms with Crippen molar-refractivity contribution in [3.05, 3.63) is 23.7 Å². The first-order chi connectivity index (χ1) is 8.63. The SMILES string of the molecule is Cc1nc2nc(C3CC(N)CCN3C)ccc2[nH]1. The molecule has 5 heteroatoms. The number of aromatic nitrogens is 3. The van der Waals surface area contributed by atoms with E-state index in [2.05, 4.69) is 39.0 Å². The first-order valence-corrected chi connectivity index (χ1v) is 6.42. The summed E-state index contributed by atoms with van der Waals surface area (Å²) in [6.07, 6.45) is 2.04. The summed E-state index contributed by atoms with van der Waals surface area (Å²) in [6.45, 7) is 2.98. The molecular formula is C13H19N5. The van der Waals surface area contributed by atoms with Crippen LogP contribution in [0.1, 0.15) is 30.4 Å². The van der Waals surface area contributed by atoms with E-state index in [0.29, 0.717) is 6.04 Å². The lowest BCUT2D eigenvalue weighted by molar-refractivity contribution is 0.168. The molecule has 2 aromatic rings. The van der Waals surface area contributed by atoms with Crippen molar-refractivity contribution in [2.24, 2.45) is 5.73 Å². The van der Waals surface area contributed by atoms with Gasteiger partial charge in [0.1, 0.15) is 5.82 Å². The van der Waals surface area contributed by atoms with Crippen LogP contribution in [0.15, 0.2) is 12.1 Å². The summed E-state index contributed by atoms with van der Waals surface area (Å²) in [5, 5.41) is 0. The fraction of sp³-hybridized carbons (Fsp3) is 0.538. The molecule has 3 rings (SSSR count). The number of hydrogen-bond donors (Lipinski definition) is 2. The van der Waals surface area contributed by atoms with Crippen LogP contribution in [0.3, 0.4) is 0 Å². The number of H-pyrrole nitrogens is 1. The lowest BCUT2D eigenvalue weighted by atomic mass is 9.96. The molecule has 2 aromatic heterocycles. The van der Waals surface area contributed by atoms with Gasteiger partial charge >= 0.3 is 0 Å². The molecular weight excluding hydrogens is 226 g/mol. The highest BCUT2D eigenvalue weighted by molar-refractivity contribution is 5.70. The number of nitrogens with two attached hydrogens (primary N) is 1. The zero-order valence-electron chi connectivity index (χ0n) is 10.8. The van der Waals surface area contributed by atoms with Gasteiger partial charge in [-0.2, -0.15) is 0 Å². The van der Waals surface area contributed by atoms with Crippen LogP contribution in [0.5, 0.6) is 0 Å². The molecule has 1 saturated heterocycles. The minimum atomic E-state index is 0.282. The minimum Gasteiger partial charge on any atom is -0.341 e. The number of aromatic amines is 1. The summed E-state index contributed by atoms with van der Waals surface area (Å²) in [6, 6.07) is 4.74. The van der Waals surface area contributed by atoms with E-state index in [1.807, 2.05) is 6.92 Å². The van der Waals surface area contributed by atoms with Gasteiger partial charge in [-0.05, 0) is 45.5 Å². The van der Waals surface area contributed by atoms with E-state index >= 15 is 0 Å². The molecule has 2 unspecified atom stereocenters. The van der Waals surface area contributed by atoms with Gasteiger partial charge in [0.25, 0.3) is 0 Å². The quantitative estimate of drug-likeness (QED) is 0.796. The molecule has 2 atom stereocenters. The summed E-state index contributed by atoms with van der Waals surface area (Å²) in [5.74, 6) is 0.906. The third kappa shape index (κ3) is 2.00. The average Bonchev–Trinajstić information content (AvgIpc) is 2.71. The van der Waals surface area contributed by atoms with Crippen molar-refractivity contribution in [1.82, 2.24) is 19.9 Å². The second-order valence-electron chi connectivity index (χ2n) is 5.21. The second kappa shape index (κ2) is 4.33. The molecule has 0 aromatic carbocycles. The molecule has 96 valence electrons. The van der Waals surface area contributed by atoms with Gasteiger partial charge < -0.3 is 10.7 Å². The standard InChI is InChI=1S/C13H19N5/c1-8-15-11-4-3-10(17-13(11)16-8)12-7-9(14)5-6-18(12)2/h3-4,9,12H,5-7,14H2,1-2H3,(H,15,16,17). The molecule has 0 amide bonds. The van der Waals surface area contributed by atoms with E-state index in [1.54, 1.807) is 0 Å². The van der Waals surface area contributed by atoms with Gasteiger partial charge in [-0.1, -0.05) is 0 Å². The first-order valence-electron chi connectivity index (χ1n) is 6.42. The van der Waals surface area contributed by atoms with E-state index in [1.165, 1.54) is 0 Å². The first kappa shape index (κ1) is 11.6. The monoisotopic (exact) mass is 245 g/mol. The van der Waals surface area contributed by atoms with Crippen molar-refractivity contribution < 1.29 is 0 Å². The van der Waals surface area contributed by atoms with Gasteiger partial charge in [0.15, 0.2) is 5.65 Å². The molecule has 1 fully saturated rings. The number of hydrogen-bond acceptors (Lipinski definition) is 4. The fourth-order valence-corrected chi connectivity index (χ4v) is 2.67. The van der Waals surface area contributed by atoms with Gasteiger partial charge in [0.2, 0.25) is 0 Å². The summed E-state index contributed by atoms with van der Waals surface area (Å²) in [4.78, 5) is 14.6. The van der Waals surface area contributed by atoms with Gasteiger partial charge in [0.05, 0.1) is 17.3 Å². The molecule has 0 saturated carbocycles. The molecule has 3 N–H and O–H groups in total. The maximum atomic E-state index is 6.07. The minimum absolute atomic E-state index is 0.282. The molecule has 1 aliphatic rings. The van der Waals surface area contributed by atoms with Crippen molar-refractivity contribution in [1.29, 1.82) is 0 Å². The van der Waals surface area contributed by atoms with E-state index < -0.39 is 0 Å². The van der Waals surface area contributed by atoms with Crippen LogP contribution >= 0.6 is 0 Å². The number of fused-ring (bicyclic) bond motifs is 1. The average molecular weight is 245 g/mol. The Bertz CT molecular complexity index is 562. The van der Waals surface area contributed by atoms with Crippen LogP contribution in [0.4, 0.5) is 0 Å². The Morgan fingerprint density at radius 1 is 1.39 bits per heavy atom. The van der Waals surface area contributed by atoms with Crippen molar-refractivity contribution in [2.45, 2.75) is 31.8 Å². The lowest BCUT2D eigenvalue weighted by Crippen LogP contribution is -2.40. The van der Waals surface area contributed by atoms with Gasteiger partial charge in [-0.15, -0.1) is 0 Å². The summed E-state index contributed by atoms with van der Waals surface area (Å²) >= 11 is 0. The van der Waals surface area contributed by atoms with Gasteiger partial charge in [-0.25, -0.2) is 9.97 Å². The zero-order valence-corrected chi connectivity index (χ0v) is 10.8. The second-order valence-corrected chi connectivity index (χ2v) is 5.21. The number of likely N-dealkylation sites (tertiary alicyclic amines) is 1. The number of nitrogens with zero attached hydrogens (tertiary/aromatic N) is 3. The summed E-state index contributed by atoms with van der Waals surface area (Å²) < 4.78 is 0. The molecule has 18 heavy (non-hydrogen) atoms. The van der Waals surface area contributed by atoms with Crippen LogP contribution in [0, 0.1) is 6.92 Å². The Morgan fingerprint density at radius 3 is 3.06 bits per heavy atom. The molecule has 5 nitrogen and oxygen atoms in total. The highest BCUT2D eigenvalue weighted by Gasteiger charge is 2.26. The molecule has 0 bridgehead atoms. The van der Waals surface area contributed by atoms with Crippen molar-refractivity contribution in [3.63, 3.8) is 0 Å². The van der Waals surface area contributed by atoms with E-state index in [-0.39, 0.29) is 6.04 Å². The molecule has 1 aliphatic heterocycles. The summed E-state index contributed by atoms with van der Waals surface area (Å²) in [7, 11) is 2.14. The van der Waals surface area contributed by atoms with Crippen LogP contribution in [0.25, 0.3) is 11.2 Å². The molecule has 0 spiro atoms. The number of imidazole rings is 1. The Morgan fingerprint density at radius 2 is 2.22 bits per heavy atom. The van der Waals surface area contributed by atoms with Crippen LogP contribution in [-0.2, 0) is 0 Å². The summed E-state index contributed by atoms with van der Waals surface area (Å²) in [5.41, 5.74) is 8.94. The molecule has 3 heterocycles. The smallest absolute Gasteiger partial charge is 0.177 e. The highest BCUT2D eigenvalue weighted by atomic mass is 15.2. The fourth-order valence-electron chi connectivity index (χ4n) is 2.67. The predicted octanol–water partition coefficient (Wildman–Crippen LogP) is 1.36. The Kier molecular flexibility index (Phi) is 2.80. The van der Waals surface area contributed by atoms with Crippen molar-refractivity contribution in [3.8, 4) is 0 Å². The Hall–Kier alpha value is -1.46.